The summed E-state index contributed by atoms with van der Waals surface area (Å²) in [5.41, 5.74) is 7.00. The summed E-state index contributed by atoms with van der Waals surface area (Å²) in [5.74, 6) is 0. The van der Waals surface area contributed by atoms with Crippen molar-refractivity contribution in [2.45, 2.75) is 0 Å². The van der Waals surface area contributed by atoms with Gasteiger partial charge in [0, 0.05) is 11.8 Å². The van der Waals surface area contributed by atoms with E-state index in [1.807, 2.05) is 18.2 Å². The minimum absolute atomic E-state index is 0.509. The summed E-state index contributed by atoms with van der Waals surface area (Å²) in [6.45, 7) is 0. The topological polar surface area (TPSA) is 68.0 Å². The average Bonchev–Trinajstić information content (AvgIpc) is 2.29. The minimum Gasteiger partial charge on any atom is -0.351 e. The molecule has 2 aromatic rings. The number of anilines is 1. The molecule has 0 aliphatic carbocycles. The normalized spacial score (nSPS) is 9.94. The second kappa shape index (κ2) is 4.84. The molecule has 0 unspecified atom stereocenters. The first-order valence-corrected chi connectivity index (χ1v) is 5.32. The molecule has 0 bridgehead atoms. The zero-order chi connectivity index (χ0) is 12.3. The first-order chi connectivity index (χ1) is 8.18. The lowest BCUT2D eigenvalue weighted by atomic mass is 10.1. The zero-order valence-electron chi connectivity index (χ0n) is 8.85. The maximum Gasteiger partial charge on any atom is 0.316 e. The van der Waals surface area contributed by atoms with Gasteiger partial charge >= 0.3 is 6.03 Å². The number of carbonyl (C=O) groups is 1. The summed E-state index contributed by atoms with van der Waals surface area (Å²) in [5, 5.41) is 3.04. The van der Waals surface area contributed by atoms with Crippen molar-refractivity contribution in [2.75, 3.05) is 5.32 Å². The Balaban J connectivity index is 2.55. The molecular weight excluding hydrogens is 238 g/mol. The molecule has 3 N–H and O–H groups in total. The van der Waals surface area contributed by atoms with Crippen LogP contribution in [0, 0.1) is 0 Å². The molecule has 4 nitrogen and oxygen atoms in total. The van der Waals surface area contributed by atoms with Gasteiger partial charge in [-0.3, -0.25) is 4.98 Å². The van der Waals surface area contributed by atoms with E-state index in [0.29, 0.717) is 22.0 Å². The summed E-state index contributed by atoms with van der Waals surface area (Å²) < 4.78 is 0. The van der Waals surface area contributed by atoms with Gasteiger partial charge in [-0.15, -0.1) is 0 Å². The predicted molar refractivity (Wildman–Crippen MR) is 67.9 cm³/mol. The Morgan fingerprint density at radius 1 is 1.24 bits per heavy atom. The van der Waals surface area contributed by atoms with Crippen LogP contribution in [0.2, 0.25) is 5.02 Å². The monoisotopic (exact) mass is 247 g/mol. The molecule has 5 heteroatoms. The van der Waals surface area contributed by atoms with Gasteiger partial charge in [-0.2, -0.15) is 0 Å². The third-order valence-corrected chi connectivity index (χ3v) is 2.51. The number of carbonyl (C=O) groups excluding carboxylic acids is 1. The Morgan fingerprint density at radius 3 is 2.71 bits per heavy atom. The van der Waals surface area contributed by atoms with Crippen molar-refractivity contribution < 1.29 is 4.79 Å². The zero-order valence-corrected chi connectivity index (χ0v) is 9.61. The number of rotatable bonds is 2. The highest BCUT2D eigenvalue weighted by atomic mass is 35.5. The van der Waals surface area contributed by atoms with E-state index in [9.17, 15) is 4.79 Å². The van der Waals surface area contributed by atoms with Gasteiger partial charge in [0.05, 0.1) is 16.4 Å². The lowest BCUT2D eigenvalue weighted by Crippen LogP contribution is -2.19. The predicted octanol–water partition coefficient (Wildman–Crippen LogP) is 2.89. The van der Waals surface area contributed by atoms with Gasteiger partial charge in [0.25, 0.3) is 0 Å². The van der Waals surface area contributed by atoms with Crippen molar-refractivity contribution in [1.29, 1.82) is 0 Å². The van der Waals surface area contributed by atoms with E-state index in [2.05, 4.69) is 10.3 Å². The summed E-state index contributed by atoms with van der Waals surface area (Å²) in [4.78, 5) is 15.1. The number of nitrogens with two attached hydrogens (primary N) is 1. The Labute approximate surface area is 103 Å². The summed E-state index contributed by atoms with van der Waals surface area (Å²) >= 11 is 6.12. The van der Waals surface area contributed by atoms with Gasteiger partial charge in [0.2, 0.25) is 0 Å². The molecular formula is C12H10ClN3O. The Hall–Kier alpha value is -2.07. The SMILES string of the molecule is NC(=O)Nc1cccc(Cl)c1-c1ccccn1. The Morgan fingerprint density at radius 2 is 2.06 bits per heavy atom. The minimum atomic E-state index is -0.635. The fourth-order valence-corrected chi connectivity index (χ4v) is 1.80. The lowest BCUT2D eigenvalue weighted by molar-refractivity contribution is 0.259. The Bertz CT molecular complexity index is 543. The third kappa shape index (κ3) is 2.54. The molecule has 1 heterocycles. The first kappa shape index (κ1) is 11.4. The summed E-state index contributed by atoms with van der Waals surface area (Å²) in [6.07, 6.45) is 1.66. The standard InChI is InChI=1S/C12H10ClN3O/c13-8-4-3-6-10(16-12(14)17)11(8)9-5-1-2-7-15-9/h1-7H,(H3,14,16,17). The molecule has 0 radical (unpaired) electrons. The van der Waals surface area contributed by atoms with Crippen molar-refractivity contribution in [2.24, 2.45) is 5.73 Å². The number of pyridine rings is 1. The maximum absolute atomic E-state index is 10.9. The highest BCUT2D eigenvalue weighted by molar-refractivity contribution is 6.34. The molecule has 86 valence electrons. The molecule has 2 rings (SSSR count). The van der Waals surface area contributed by atoms with Crippen molar-refractivity contribution in [3.63, 3.8) is 0 Å². The molecule has 0 spiro atoms. The molecule has 1 aromatic heterocycles. The number of aromatic nitrogens is 1. The summed E-state index contributed by atoms with van der Waals surface area (Å²) in [7, 11) is 0. The molecule has 0 aliphatic rings. The molecule has 17 heavy (non-hydrogen) atoms. The second-order valence-corrected chi connectivity index (χ2v) is 3.77. The van der Waals surface area contributed by atoms with Gasteiger partial charge in [0.15, 0.2) is 0 Å². The largest absolute Gasteiger partial charge is 0.351 e. The van der Waals surface area contributed by atoms with Crippen molar-refractivity contribution in [3.05, 3.63) is 47.6 Å². The first-order valence-electron chi connectivity index (χ1n) is 4.95. The second-order valence-electron chi connectivity index (χ2n) is 3.37. The van der Waals surface area contributed by atoms with E-state index in [4.69, 9.17) is 17.3 Å². The van der Waals surface area contributed by atoms with Crippen LogP contribution in [0.15, 0.2) is 42.6 Å². The quantitative estimate of drug-likeness (QED) is 0.857. The number of urea groups is 1. The van der Waals surface area contributed by atoms with E-state index in [-0.39, 0.29) is 0 Å². The number of halogens is 1. The van der Waals surface area contributed by atoms with Gasteiger partial charge < -0.3 is 11.1 Å². The third-order valence-electron chi connectivity index (χ3n) is 2.19. The van der Waals surface area contributed by atoms with E-state index in [0.717, 1.165) is 0 Å². The Kier molecular flexibility index (Phi) is 3.25. The fraction of sp³-hybridized carbons (Fsp3) is 0. The van der Waals surface area contributed by atoms with Gasteiger partial charge in [-0.05, 0) is 24.3 Å². The van der Waals surface area contributed by atoms with Crippen LogP contribution >= 0.6 is 11.6 Å². The average molecular weight is 248 g/mol. The van der Waals surface area contributed by atoms with Crippen molar-refractivity contribution >= 4 is 23.3 Å². The number of hydrogen-bond donors (Lipinski definition) is 2. The van der Waals surface area contributed by atoms with Crippen LogP contribution in [0.4, 0.5) is 10.5 Å². The fourth-order valence-electron chi connectivity index (χ4n) is 1.53. The number of nitrogens with zero attached hydrogens (tertiary/aromatic N) is 1. The molecule has 0 fully saturated rings. The van der Waals surface area contributed by atoms with Crippen LogP contribution in [0.5, 0.6) is 0 Å². The lowest BCUT2D eigenvalue weighted by Gasteiger charge is -2.10. The molecule has 2 amide bonds. The van der Waals surface area contributed by atoms with Gasteiger partial charge in [-0.1, -0.05) is 23.7 Å². The van der Waals surface area contributed by atoms with Crippen molar-refractivity contribution in [3.8, 4) is 11.3 Å². The highest BCUT2D eigenvalue weighted by Crippen LogP contribution is 2.33. The van der Waals surface area contributed by atoms with Crippen LogP contribution < -0.4 is 11.1 Å². The molecule has 0 aliphatic heterocycles. The highest BCUT2D eigenvalue weighted by Gasteiger charge is 2.11. The number of nitrogens with one attached hydrogen (secondary N) is 1. The van der Waals surface area contributed by atoms with Gasteiger partial charge in [-0.25, -0.2) is 4.79 Å². The summed E-state index contributed by atoms with van der Waals surface area (Å²) in [6, 6.07) is 10.0. The molecule has 0 atom stereocenters. The van der Waals surface area contributed by atoms with Crippen LogP contribution in [0.1, 0.15) is 0 Å². The van der Waals surface area contributed by atoms with Crippen LogP contribution in [-0.4, -0.2) is 11.0 Å². The van der Waals surface area contributed by atoms with Gasteiger partial charge in [0.1, 0.15) is 0 Å². The van der Waals surface area contributed by atoms with E-state index >= 15 is 0 Å². The van der Waals surface area contributed by atoms with Crippen LogP contribution in [0.3, 0.4) is 0 Å². The number of amides is 2. The smallest absolute Gasteiger partial charge is 0.316 e. The maximum atomic E-state index is 10.9. The number of benzene rings is 1. The molecule has 0 saturated heterocycles. The molecule has 1 aromatic carbocycles. The van der Waals surface area contributed by atoms with E-state index in [1.54, 1.807) is 24.4 Å². The van der Waals surface area contributed by atoms with E-state index in [1.165, 1.54) is 0 Å². The van der Waals surface area contributed by atoms with E-state index < -0.39 is 6.03 Å². The number of primary amides is 1. The van der Waals surface area contributed by atoms with Crippen LogP contribution in [0.25, 0.3) is 11.3 Å². The number of hydrogen-bond acceptors (Lipinski definition) is 2. The molecule has 0 saturated carbocycles. The van der Waals surface area contributed by atoms with Crippen LogP contribution in [-0.2, 0) is 0 Å². The van der Waals surface area contributed by atoms with Crippen molar-refractivity contribution in [1.82, 2.24) is 4.98 Å².